The summed E-state index contributed by atoms with van der Waals surface area (Å²) in [6.07, 6.45) is 0.233. The average molecular weight is 394 g/mol. The van der Waals surface area contributed by atoms with Crippen molar-refractivity contribution in [2.24, 2.45) is 0 Å². The Morgan fingerprint density at radius 2 is 1.62 bits per heavy atom. The van der Waals surface area contributed by atoms with Crippen molar-refractivity contribution in [3.8, 4) is 0 Å². The summed E-state index contributed by atoms with van der Waals surface area (Å²) in [7, 11) is 0. The Hall–Kier alpha value is -3.68. The SMILES string of the molecule is CCNC(=O)NC(=O)CN1C(=O)N[C@](Cc2ccccc2)(c2ccccc2)C1=O. The highest BCUT2D eigenvalue weighted by Gasteiger charge is 2.52. The first-order valence-corrected chi connectivity index (χ1v) is 9.27. The summed E-state index contributed by atoms with van der Waals surface area (Å²) in [6, 6.07) is 16.9. The number of nitrogens with zero attached hydrogens (tertiary/aromatic N) is 1. The molecule has 0 spiro atoms. The lowest BCUT2D eigenvalue weighted by Gasteiger charge is -2.27. The van der Waals surface area contributed by atoms with Crippen molar-refractivity contribution in [3.05, 3.63) is 71.8 Å². The van der Waals surface area contributed by atoms with Crippen LogP contribution in [0.5, 0.6) is 0 Å². The van der Waals surface area contributed by atoms with Crippen molar-refractivity contribution < 1.29 is 19.2 Å². The average Bonchev–Trinajstić information content (AvgIpc) is 2.94. The Kier molecular flexibility index (Phi) is 5.92. The summed E-state index contributed by atoms with van der Waals surface area (Å²) in [5, 5.41) is 7.30. The molecule has 0 aliphatic carbocycles. The molecule has 29 heavy (non-hydrogen) atoms. The van der Waals surface area contributed by atoms with Gasteiger partial charge in [-0.1, -0.05) is 60.7 Å². The summed E-state index contributed by atoms with van der Waals surface area (Å²) >= 11 is 0. The van der Waals surface area contributed by atoms with E-state index in [0.717, 1.165) is 10.5 Å². The second kappa shape index (κ2) is 8.55. The van der Waals surface area contributed by atoms with E-state index in [4.69, 9.17) is 0 Å². The topological polar surface area (TPSA) is 108 Å². The fraction of sp³-hybridized carbons (Fsp3) is 0.238. The summed E-state index contributed by atoms with van der Waals surface area (Å²) in [5.74, 6) is -1.29. The van der Waals surface area contributed by atoms with E-state index >= 15 is 0 Å². The molecule has 2 aromatic carbocycles. The van der Waals surface area contributed by atoms with Gasteiger partial charge in [0.1, 0.15) is 6.54 Å². The molecule has 0 saturated carbocycles. The van der Waals surface area contributed by atoms with Crippen molar-refractivity contribution in [1.82, 2.24) is 20.9 Å². The molecule has 150 valence electrons. The lowest BCUT2D eigenvalue weighted by Crippen LogP contribution is -2.48. The zero-order valence-electron chi connectivity index (χ0n) is 16.0. The summed E-state index contributed by atoms with van der Waals surface area (Å²) < 4.78 is 0. The molecule has 8 heteroatoms. The van der Waals surface area contributed by atoms with Crippen molar-refractivity contribution in [3.63, 3.8) is 0 Å². The first kappa shape index (κ1) is 20.1. The van der Waals surface area contributed by atoms with E-state index in [-0.39, 0.29) is 6.42 Å². The van der Waals surface area contributed by atoms with Gasteiger partial charge in [-0.3, -0.25) is 19.8 Å². The third kappa shape index (κ3) is 4.26. The van der Waals surface area contributed by atoms with Crippen LogP contribution in [0.4, 0.5) is 9.59 Å². The van der Waals surface area contributed by atoms with Crippen molar-refractivity contribution >= 4 is 23.9 Å². The minimum atomic E-state index is -1.33. The van der Waals surface area contributed by atoms with Crippen LogP contribution in [0.3, 0.4) is 0 Å². The molecule has 1 fully saturated rings. The van der Waals surface area contributed by atoms with Crippen LogP contribution in [0.15, 0.2) is 60.7 Å². The quantitative estimate of drug-likeness (QED) is 0.646. The lowest BCUT2D eigenvalue weighted by molar-refractivity contribution is -0.135. The minimum absolute atomic E-state index is 0.233. The predicted octanol–water partition coefficient (Wildman–Crippen LogP) is 1.52. The molecule has 0 bridgehead atoms. The van der Waals surface area contributed by atoms with Gasteiger partial charge in [-0.05, 0) is 18.1 Å². The molecule has 0 aromatic heterocycles. The van der Waals surface area contributed by atoms with Gasteiger partial charge in [0.25, 0.3) is 5.91 Å². The van der Waals surface area contributed by atoms with E-state index < -0.39 is 36.0 Å². The van der Waals surface area contributed by atoms with Gasteiger partial charge in [0.15, 0.2) is 5.54 Å². The zero-order chi connectivity index (χ0) is 20.9. The van der Waals surface area contributed by atoms with Crippen LogP contribution in [0, 0.1) is 0 Å². The molecule has 3 rings (SSSR count). The number of benzene rings is 2. The van der Waals surface area contributed by atoms with Gasteiger partial charge < -0.3 is 10.6 Å². The van der Waals surface area contributed by atoms with Crippen molar-refractivity contribution in [2.45, 2.75) is 18.9 Å². The minimum Gasteiger partial charge on any atom is -0.338 e. The fourth-order valence-electron chi connectivity index (χ4n) is 3.33. The second-order valence-corrected chi connectivity index (χ2v) is 6.66. The van der Waals surface area contributed by atoms with Gasteiger partial charge >= 0.3 is 12.1 Å². The van der Waals surface area contributed by atoms with Gasteiger partial charge in [0.05, 0.1) is 0 Å². The van der Waals surface area contributed by atoms with E-state index in [0.29, 0.717) is 12.1 Å². The van der Waals surface area contributed by atoms with Gasteiger partial charge in [0.2, 0.25) is 5.91 Å². The Morgan fingerprint density at radius 3 is 2.24 bits per heavy atom. The first-order chi connectivity index (χ1) is 14.0. The normalized spacial score (nSPS) is 18.3. The highest BCUT2D eigenvalue weighted by molar-refractivity contribution is 6.10. The van der Waals surface area contributed by atoms with Crippen molar-refractivity contribution in [2.75, 3.05) is 13.1 Å². The Bertz CT molecular complexity index is 917. The Balaban J connectivity index is 1.88. The molecule has 1 aliphatic heterocycles. The van der Waals surface area contributed by atoms with Gasteiger partial charge in [-0.2, -0.15) is 0 Å². The number of amides is 6. The van der Waals surface area contributed by atoms with Crippen molar-refractivity contribution in [1.29, 1.82) is 0 Å². The monoisotopic (exact) mass is 394 g/mol. The smallest absolute Gasteiger partial charge is 0.325 e. The van der Waals surface area contributed by atoms with Crippen LogP contribution in [0.2, 0.25) is 0 Å². The maximum absolute atomic E-state index is 13.4. The standard InChI is InChI=1S/C21H22N4O4/c1-2-22-19(28)23-17(26)14-25-18(27)21(24-20(25)29,16-11-7-4-8-12-16)13-15-9-5-3-6-10-15/h3-12H,2,13-14H2,1H3,(H,24,29)(H2,22,23,26,28)/t21-/m1/s1. The van der Waals surface area contributed by atoms with Crippen LogP contribution in [-0.2, 0) is 21.5 Å². The second-order valence-electron chi connectivity index (χ2n) is 6.66. The van der Waals surface area contributed by atoms with Crippen LogP contribution in [-0.4, -0.2) is 41.9 Å². The molecule has 1 atom stereocenters. The molecule has 3 N–H and O–H groups in total. The van der Waals surface area contributed by atoms with E-state index in [1.54, 1.807) is 31.2 Å². The summed E-state index contributed by atoms with van der Waals surface area (Å²) in [6.45, 7) is 1.50. The third-order valence-electron chi connectivity index (χ3n) is 4.65. The zero-order valence-corrected chi connectivity index (χ0v) is 16.0. The number of rotatable bonds is 6. The van der Waals surface area contributed by atoms with Gasteiger partial charge in [-0.15, -0.1) is 0 Å². The van der Waals surface area contributed by atoms with Crippen LogP contribution in [0.25, 0.3) is 0 Å². The molecule has 8 nitrogen and oxygen atoms in total. The number of imide groups is 2. The molecule has 1 aliphatic rings. The van der Waals surface area contributed by atoms with E-state index in [1.807, 2.05) is 36.4 Å². The molecular weight excluding hydrogens is 372 g/mol. The van der Waals surface area contributed by atoms with Gasteiger partial charge in [0, 0.05) is 13.0 Å². The highest BCUT2D eigenvalue weighted by atomic mass is 16.2. The molecule has 2 aromatic rings. The molecular formula is C21H22N4O4. The molecule has 0 radical (unpaired) electrons. The molecule has 1 saturated heterocycles. The van der Waals surface area contributed by atoms with Crippen LogP contribution < -0.4 is 16.0 Å². The first-order valence-electron chi connectivity index (χ1n) is 9.27. The number of hydrogen-bond donors (Lipinski definition) is 3. The Labute approximate surface area is 168 Å². The lowest BCUT2D eigenvalue weighted by atomic mass is 9.83. The number of carbonyl (C=O) groups is 4. The Morgan fingerprint density at radius 1 is 1.00 bits per heavy atom. The summed E-state index contributed by atoms with van der Waals surface area (Å²) in [4.78, 5) is 50.5. The molecule has 6 amide bonds. The van der Waals surface area contributed by atoms with E-state index in [2.05, 4.69) is 16.0 Å². The number of urea groups is 2. The fourth-order valence-corrected chi connectivity index (χ4v) is 3.33. The molecule has 1 heterocycles. The summed E-state index contributed by atoms with van der Waals surface area (Å²) in [5.41, 5.74) is 0.151. The number of nitrogens with one attached hydrogen (secondary N) is 3. The largest absolute Gasteiger partial charge is 0.338 e. The molecule has 0 unspecified atom stereocenters. The maximum Gasteiger partial charge on any atom is 0.325 e. The number of carbonyl (C=O) groups excluding carboxylic acids is 4. The maximum atomic E-state index is 13.4. The van der Waals surface area contributed by atoms with Gasteiger partial charge in [-0.25, -0.2) is 9.59 Å². The third-order valence-corrected chi connectivity index (χ3v) is 4.65. The van der Waals surface area contributed by atoms with E-state index in [1.165, 1.54) is 0 Å². The van der Waals surface area contributed by atoms with Crippen LogP contribution in [0.1, 0.15) is 18.1 Å². The highest BCUT2D eigenvalue weighted by Crippen LogP contribution is 2.32. The van der Waals surface area contributed by atoms with E-state index in [9.17, 15) is 19.2 Å². The van der Waals surface area contributed by atoms with Crippen LogP contribution >= 0.6 is 0 Å². The predicted molar refractivity (Wildman–Crippen MR) is 106 cm³/mol. The number of hydrogen-bond acceptors (Lipinski definition) is 4.